The number of nitrogens with zero attached hydrogens (tertiary/aromatic N) is 4. The van der Waals surface area contributed by atoms with Crippen molar-refractivity contribution in [3.05, 3.63) is 182 Å². The van der Waals surface area contributed by atoms with E-state index in [1.165, 1.54) is 5.39 Å². The first-order valence-corrected chi connectivity index (χ1v) is 18.6. The summed E-state index contributed by atoms with van der Waals surface area (Å²) in [5, 5.41) is 5.84. The van der Waals surface area contributed by atoms with Crippen LogP contribution in [0.15, 0.2) is 191 Å². The summed E-state index contributed by atoms with van der Waals surface area (Å²) >= 11 is 0. The van der Waals surface area contributed by atoms with Gasteiger partial charge in [0.25, 0.3) is 0 Å². The van der Waals surface area contributed by atoms with E-state index >= 15 is 0 Å². The van der Waals surface area contributed by atoms with E-state index in [1.807, 2.05) is 72.8 Å². The van der Waals surface area contributed by atoms with Gasteiger partial charge in [-0.2, -0.15) is 0 Å². The topological polar surface area (TPSA) is 69.9 Å². The van der Waals surface area contributed by atoms with Gasteiger partial charge in [0.05, 0.1) is 17.9 Å². The molecule has 0 amide bonds. The number of rotatable bonds is 5. The standard InChI is InChI=1S/C51H30N4O2/c1-3-12-31(13-4-1)49-52-50(34-23-26-39-38-17-8-10-20-44(38)57-47(39)30-34)54-51(53-49)40-18-11-21-46-48(40)41-28-32(24-27-45(41)56-46)33-22-25-37-36-16-7-9-19-42(36)55(43(37)29-33)35-14-5-2-6-15-35/h1-30H/i1D,3D,4D,12D,13D. The maximum absolute atomic E-state index is 8.85. The Kier molecular flexibility index (Phi) is 5.82. The van der Waals surface area contributed by atoms with Crippen LogP contribution in [0.3, 0.4) is 0 Å². The number of hydrogen-bond donors (Lipinski definition) is 0. The van der Waals surface area contributed by atoms with E-state index in [2.05, 4.69) is 83.4 Å². The van der Waals surface area contributed by atoms with Crippen LogP contribution in [-0.4, -0.2) is 19.5 Å². The molecule has 0 saturated carbocycles. The normalized spacial score (nSPS) is 13.1. The Balaban J connectivity index is 1.07. The molecule has 0 bridgehead atoms. The van der Waals surface area contributed by atoms with Crippen molar-refractivity contribution in [2.24, 2.45) is 0 Å². The second-order valence-electron chi connectivity index (χ2n) is 14.0. The first-order chi connectivity index (χ1) is 30.3. The van der Waals surface area contributed by atoms with Crippen LogP contribution in [0.5, 0.6) is 0 Å². The monoisotopic (exact) mass is 735 g/mol. The quantitative estimate of drug-likeness (QED) is 0.176. The van der Waals surface area contributed by atoms with E-state index in [-0.39, 0.29) is 23.0 Å². The SMILES string of the molecule is [2H]c1c([2H])c([2H])c(-c2nc(-c3ccc4c(c3)oc3ccccc34)nc(-c3cccc4oc5ccc(-c6ccc7c8ccccc8n(-c8ccccc8)c7c6)cc5c34)n2)c([2H])c1[2H]. The molecule has 0 N–H and O–H groups in total. The Morgan fingerprint density at radius 1 is 0.404 bits per heavy atom. The lowest BCUT2D eigenvalue weighted by Crippen LogP contribution is -2.00. The van der Waals surface area contributed by atoms with Gasteiger partial charge in [0.2, 0.25) is 0 Å². The molecule has 0 fully saturated rings. The average molecular weight is 736 g/mol. The Morgan fingerprint density at radius 3 is 1.93 bits per heavy atom. The summed E-state index contributed by atoms with van der Waals surface area (Å²) < 4.78 is 57.8. The summed E-state index contributed by atoms with van der Waals surface area (Å²) in [5.41, 5.74) is 9.07. The molecule has 266 valence electrons. The van der Waals surface area contributed by atoms with E-state index in [9.17, 15) is 0 Å². The van der Waals surface area contributed by atoms with Gasteiger partial charge in [-0.15, -0.1) is 0 Å². The van der Waals surface area contributed by atoms with Crippen molar-refractivity contribution in [1.29, 1.82) is 0 Å². The van der Waals surface area contributed by atoms with E-state index in [1.54, 1.807) is 0 Å². The van der Waals surface area contributed by atoms with Crippen LogP contribution >= 0.6 is 0 Å². The predicted octanol–water partition coefficient (Wildman–Crippen LogP) is 13.4. The molecular weight excluding hydrogens is 701 g/mol. The zero-order valence-electron chi connectivity index (χ0n) is 35.0. The van der Waals surface area contributed by atoms with Gasteiger partial charge in [-0.1, -0.05) is 121 Å². The molecule has 6 heteroatoms. The molecule has 0 aliphatic carbocycles. The fourth-order valence-corrected chi connectivity index (χ4v) is 8.16. The highest BCUT2D eigenvalue weighted by Gasteiger charge is 2.20. The lowest BCUT2D eigenvalue weighted by Gasteiger charge is -2.10. The number of furan rings is 2. The van der Waals surface area contributed by atoms with Gasteiger partial charge in [-0.25, -0.2) is 15.0 Å². The Labute approximate surface area is 332 Å². The molecule has 12 aromatic rings. The molecule has 57 heavy (non-hydrogen) atoms. The molecule has 8 aromatic carbocycles. The lowest BCUT2D eigenvalue weighted by molar-refractivity contribution is 0.668. The molecule has 0 aliphatic heterocycles. The maximum Gasteiger partial charge on any atom is 0.164 e. The summed E-state index contributed by atoms with van der Waals surface area (Å²) in [4.78, 5) is 14.7. The van der Waals surface area contributed by atoms with Gasteiger partial charge in [0.15, 0.2) is 17.5 Å². The summed E-state index contributed by atoms with van der Waals surface area (Å²) in [6.45, 7) is 0. The molecule has 0 aliphatic rings. The summed E-state index contributed by atoms with van der Waals surface area (Å²) in [7, 11) is 0. The summed E-state index contributed by atoms with van der Waals surface area (Å²) in [6.07, 6.45) is 0. The van der Waals surface area contributed by atoms with Crippen LogP contribution in [0.25, 0.3) is 117 Å². The average Bonchev–Trinajstić information content (AvgIpc) is 3.99. The van der Waals surface area contributed by atoms with Crippen LogP contribution in [0.2, 0.25) is 0 Å². The van der Waals surface area contributed by atoms with Crippen LogP contribution in [0.1, 0.15) is 6.85 Å². The van der Waals surface area contributed by atoms with Crippen molar-refractivity contribution < 1.29 is 15.7 Å². The minimum absolute atomic E-state index is 0.0562. The van der Waals surface area contributed by atoms with Gasteiger partial charge in [0.1, 0.15) is 22.3 Å². The second-order valence-corrected chi connectivity index (χ2v) is 14.0. The molecule has 4 aromatic heterocycles. The minimum Gasteiger partial charge on any atom is -0.456 e. The summed E-state index contributed by atoms with van der Waals surface area (Å²) in [6, 6.07) is 48.4. The second kappa shape index (κ2) is 12.3. The van der Waals surface area contributed by atoms with Crippen molar-refractivity contribution in [2.75, 3.05) is 0 Å². The number of benzene rings is 8. The zero-order chi connectivity index (χ0) is 41.8. The zero-order valence-corrected chi connectivity index (χ0v) is 30.0. The smallest absolute Gasteiger partial charge is 0.164 e. The number of hydrogen-bond acceptors (Lipinski definition) is 5. The third-order valence-corrected chi connectivity index (χ3v) is 10.8. The summed E-state index contributed by atoms with van der Waals surface area (Å²) in [5.74, 6) is 0.431. The number of aromatic nitrogens is 4. The van der Waals surface area contributed by atoms with Crippen molar-refractivity contribution in [3.8, 4) is 51.0 Å². The third-order valence-electron chi connectivity index (χ3n) is 10.8. The fraction of sp³-hybridized carbons (Fsp3) is 0. The van der Waals surface area contributed by atoms with E-state index in [0.29, 0.717) is 27.9 Å². The van der Waals surface area contributed by atoms with Gasteiger partial charge in [-0.05, 0) is 71.8 Å². The molecule has 12 rings (SSSR count). The molecule has 6 nitrogen and oxygen atoms in total. The number of fused-ring (bicyclic) bond motifs is 9. The van der Waals surface area contributed by atoms with Crippen LogP contribution in [-0.2, 0) is 0 Å². The molecule has 0 atom stereocenters. The largest absolute Gasteiger partial charge is 0.456 e. The highest BCUT2D eigenvalue weighted by Crippen LogP contribution is 2.40. The molecule has 0 saturated heterocycles. The first-order valence-electron chi connectivity index (χ1n) is 21.1. The lowest BCUT2D eigenvalue weighted by atomic mass is 9.99. The molecule has 4 heterocycles. The highest BCUT2D eigenvalue weighted by atomic mass is 16.3. The van der Waals surface area contributed by atoms with Gasteiger partial charge < -0.3 is 13.4 Å². The van der Waals surface area contributed by atoms with Crippen molar-refractivity contribution in [3.63, 3.8) is 0 Å². The number of para-hydroxylation sites is 3. The van der Waals surface area contributed by atoms with Gasteiger partial charge >= 0.3 is 0 Å². The van der Waals surface area contributed by atoms with Crippen molar-refractivity contribution in [1.82, 2.24) is 19.5 Å². The van der Waals surface area contributed by atoms with Crippen LogP contribution in [0.4, 0.5) is 0 Å². The van der Waals surface area contributed by atoms with Gasteiger partial charge in [0, 0.05) is 54.7 Å². The van der Waals surface area contributed by atoms with Crippen molar-refractivity contribution in [2.45, 2.75) is 0 Å². The van der Waals surface area contributed by atoms with E-state index < -0.39 is 30.2 Å². The Morgan fingerprint density at radius 2 is 1.04 bits per heavy atom. The first kappa shape index (κ1) is 26.9. The predicted molar refractivity (Wildman–Crippen MR) is 230 cm³/mol. The van der Waals surface area contributed by atoms with Crippen molar-refractivity contribution >= 4 is 65.7 Å². The van der Waals surface area contributed by atoms with Crippen LogP contribution in [0, 0.1) is 0 Å². The van der Waals surface area contributed by atoms with E-state index in [0.717, 1.165) is 60.4 Å². The third kappa shape index (κ3) is 5.01. The van der Waals surface area contributed by atoms with Gasteiger partial charge in [-0.3, -0.25) is 0 Å². The molecule has 0 unspecified atom stereocenters. The van der Waals surface area contributed by atoms with E-state index in [4.69, 9.17) is 30.6 Å². The molecule has 0 radical (unpaired) electrons. The van der Waals surface area contributed by atoms with Crippen LogP contribution < -0.4 is 0 Å². The maximum atomic E-state index is 8.85. The molecule has 0 spiro atoms. The minimum atomic E-state index is -0.500. The Hall–Kier alpha value is -7.83. The highest BCUT2D eigenvalue weighted by molar-refractivity contribution is 6.14. The fourth-order valence-electron chi connectivity index (χ4n) is 8.16. The Bertz CT molecular complexity index is 3810. The molecular formula is C51H30N4O2.